The minimum absolute atomic E-state index is 0.407. The zero-order valence-electron chi connectivity index (χ0n) is 6.71. The number of fused-ring (bicyclic) bond motifs is 1. The van der Waals surface area contributed by atoms with Gasteiger partial charge in [-0.05, 0) is 10.4 Å². The molecule has 2 heterocycles. The fourth-order valence-electron chi connectivity index (χ4n) is 0.500. The van der Waals surface area contributed by atoms with Gasteiger partial charge in [-0.1, -0.05) is 0 Å². The average molecular weight is 215 g/mol. The summed E-state index contributed by atoms with van der Waals surface area (Å²) in [6.07, 6.45) is 0. The maximum Gasteiger partial charge on any atom is 0.248 e. The van der Waals surface area contributed by atoms with E-state index in [0.717, 1.165) is 5.53 Å². The van der Waals surface area contributed by atoms with Gasteiger partial charge in [0.05, 0.1) is 0 Å². The molecule has 1 N–H and O–H groups in total. The minimum Gasteiger partial charge on any atom is -0.230 e. The van der Waals surface area contributed by atoms with Crippen molar-refractivity contribution in [1.29, 1.82) is 0 Å². The van der Waals surface area contributed by atoms with Crippen LogP contribution in [0.5, 0.6) is 0 Å². The number of nitro groups is 2. The second-order valence-electron chi connectivity index (χ2n) is 1.84. The molecule has 0 saturated heterocycles. The van der Waals surface area contributed by atoms with Gasteiger partial charge in [-0.2, -0.15) is 0 Å². The lowest BCUT2D eigenvalue weighted by molar-refractivity contribution is -0.778. The van der Waals surface area contributed by atoms with Crippen molar-refractivity contribution >= 4 is 11.7 Å². The van der Waals surface area contributed by atoms with E-state index in [4.69, 9.17) is 20.2 Å². The highest BCUT2D eigenvalue weighted by molar-refractivity contribution is 6.42. The fraction of sp³-hybridized carbons (Fsp3) is 0. The van der Waals surface area contributed by atoms with Gasteiger partial charge in [-0.3, -0.25) is 0 Å². The van der Waals surface area contributed by atoms with E-state index in [1.807, 2.05) is 0 Å². The Kier molecular flexibility index (Phi) is 3.00. The van der Waals surface area contributed by atoms with Crippen LogP contribution in [0.2, 0.25) is 0 Å². The molecule has 2 aliphatic heterocycles. The van der Waals surface area contributed by atoms with Gasteiger partial charge in [0.15, 0.2) is 5.53 Å². The highest BCUT2D eigenvalue weighted by atomic mass is 16.8. The molecular weight excluding hydrogens is 214 g/mol. The lowest BCUT2D eigenvalue weighted by atomic mass is 10.6. The summed E-state index contributed by atoms with van der Waals surface area (Å²) < 4.78 is 0. The molecule has 2 rings (SSSR count). The van der Waals surface area contributed by atoms with Gasteiger partial charge in [0.2, 0.25) is 21.7 Å². The maximum absolute atomic E-state index is 9.06. The average Bonchev–Trinajstić information content (AvgIpc) is 2.59. The molecule has 0 atom stereocenters. The second-order valence-corrected chi connectivity index (χ2v) is 1.84. The van der Waals surface area contributed by atoms with E-state index in [-0.39, 0.29) is 0 Å². The van der Waals surface area contributed by atoms with E-state index >= 15 is 0 Å². The van der Waals surface area contributed by atoms with Crippen LogP contribution >= 0.6 is 0 Å². The molecule has 0 radical (unpaired) electrons. The zero-order chi connectivity index (χ0) is 11.3. The van der Waals surface area contributed by atoms with Crippen molar-refractivity contribution in [1.82, 2.24) is 5.53 Å². The van der Waals surface area contributed by atoms with E-state index in [2.05, 4.69) is 30.9 Å². The predicted octanol–water partition coefficient (Wildman–Crippen LogP) is -0.496. The highest BCUT2D eigenvalue weighted by Gasteiger charge is 2.17. The number of hydrogen-bond acceptors (Lipinski definition) is 10. The van der Waals surface area contributed by atoms with Crippen molar-refractivity contribution in [2.45, 2.75) is 0 Å². The molecule has 0 bridgehead atoms. The second kappa shape index (κ2) is 4.40. The summed E-state index contributed by atoms with van der Waals surface area (Å²) >= 11 is 0. The summed E-state index contributed by atoms with van der Waals surface area (Å²) in [5.74, 6) is 0.815. The summed E-state index contributed by atoms with van der Waals surface area (Å²) in [5.41, 5.74) is 0.750. The molecule has 0 aromatic carbocycles. The van der Waals surface area contributed by atoms with E-state index in [1.165, 1.54) is 0 Å². The summed E-state index contributed by atoms with van der Waals surface area (Å²) in [6, 6.07) is 0. The van der Waals surface area contributed by atoms with Crippen LogP contribution in [0.25, 0.3) is 0 Å². The highest BCUT2D eigenvalue weighted by Crippen LogP contribution is 2.06. The van der Waals surface area contributed by atoms with Crippen LogP contribution in [-0.2, 0) is 0 Å². The number of amidine groups is 2. The summed E-state index contributed by atoms with van der Waals surface area (Å²) in [7, 11) is 0. The third-order valence-corrected chi connectivity index (χ3v) is 0.921. The maximum atomic E-state index is 9.06. The Morgan fingerprint density at radius 3 is 1.60 bits per heavy atom. The smallest absolute Gasteiger partial charge is 0.230 e. The first kappa shape index (κ1) is 10.2. The monoisotopic (exact) mass is 215 g/mol. The minimum atomic E-state index is -1.25. The SMILES string of the molecule is N1=NC2=NN=NC2=N1.O=[N+]([O-])N[N+](=O)[O-]. The Morgan fingerprint density at radius 2 is 1.33 bits per heavy atom. The Hall–Kier alpha value is -2.86. The third kappa shape index (κ3) is 3.17. The fourth-order valence-corrected chi connectivity index (χ4v) is 0.500. The lowest BCUT2D eigenvalue weighted by Gasteiger charge is -1.78. The molecule has 78 valence electrons. The lowest BCUT2D eigenvalue weighted by Crippen LogP contribution is -2.27. The molecular formula is C2HN9O4. The van der Waals surface area contributed by atoms with Crippen molar-refractivity contribution < 1.29 is 10.1 Å². The number of rotatable bonds is 2. The Morgan fingerprint density at radius 1 is 0.933 bits per heavy atom. The molecule has 0 aromatic heterocycles. The first-order valence-corrected chi connectivity index (χ1v) is 3.12. The van der Waals surface area contributed by atoms with Crippen molar-refractivity contribution in [3.63, 3.8) is 0 Å². The van der Waals surface area contributed by atoms with E-state index in [1.54, 1.807) is 0 Å². The van der Waals surface area contributed by atoms with E-state index in [0.29, 0.717) is 11.7 Å². The molecule has 0 fully saturated rings. The molecule has 13 heteroatoms. The van der Waals surface area contributed by atoms with Crippen LogP contribution in [0.15, 0.2) is 30.9 Å². The van der Waals surface area contributed by atoms with Crippen LogP contribution in [0.1, 0.15) is 0 Å². The van der Waals surface area contributed by atoms with Gasteiger partial charge >= 0.3 is 0 Å². The van der Waals surface area contributed by atoms with Crippen LogP contribution in [-0.4, -0.2) is 21.7 Å². The summed E-state index contributed by atoms with van der Waals surface area (Å²) in [4.78, 5) is 18.1. The van der Waals surface area contributed by atoms with Gasteiger partial charge in [0.1, 0.15) is 0 Å². The molecule has 0 spiro atoms. The Labute approximate surface area is 79.5 Å². The molecule has 13 nitrogen and oxygen atoms in total. The number of hydrogen-bond donors (Lipinski definition) is 1. The van der Waals surface area contributed by atoms with Gasteiger partial charge in [-0.15, -0.1) is 20.4 Å². The first-order valence-electron chi connectivity index (χ1n) is 3.12. The topological polar surface area (TPSA) is 172 Å². The number of nitrogens with zero attached hydrogens (tertiary/aromatic N) is 8. The number of nitrogens with one attached hydrogen (secondary N) is 1. The third-order valence-electron chi connectivity index (χ3n) is 0.921. The van der Waals surface area contributed by atoms with Crippen molar-refractivity contribution in [3.8, 4) is 0 Å². The first-order chi connectivity index (χ1) is 7.09. The summed E-state index contributed by atoms with van der Waals surface area (Å²) in [6.45, 7) is 0. The van der Waals surface area contributed by atoms with Crippen LogP contribution in [0.4, 0.5) is 0 Å². The Balaban J connectivity index is 0.000000153. The zero-order valence-corrected chi connectivity index (χ0v) is 6.71. The van der Waals surface area contributed by atoms with Crippen molar-refractivity contribution in [2.75, 3.05) is 0 Å². The molecule has 0 amide bonds. The molecule has 0 aromatic rings. The van der Waals surface area contributed by atoms with Gasteiger partial charge in [0, 0.05) is 0 Å². The van der Waals surface area contributed by atoms with Crippen LogP contribution < -0.4 is 5.53 Å². The largest absolute Gasteiger partial charge is 0.248 e. The van der Waals surface area contributed by atoms with Gasteiger partial charge in [-0.25, -0.2) is 20.2 Å². The summed E-state index contributed by atoms with van der Waals surface area (Å²) in [5, 5.41) is 36.1. The van der Waals surface area contributed by atoms with E-state index < -0.39 is 10.1 Å². The van der Waals surface area contributed by atoms with Gasteiger partial charge < -0.3 is 0 Å². The molecule has 0 saturated carbocycles. The van der Waals surface area contributed by atoms with Crippen LogP contribution in [0, 0.1) is 20.2 Å². The van der Waals surface area contributed by atoms with Crippen LogP contribution in [0.3, 0.4) is 0 Å². The quantitative estimate of drug-likeness (QED) is 0.482. The molecule has 0 aliphatic carbocycles. The Bertz CT molecular complexity index is 366. The van der Waals surface area contributed by atoms with Gasteiger partial charge in [0.25, 0.3) is 0 Å². The normalized spacial score (nSPS) is 14.7. The standard InChI is InChI=1S/C2N6.HN3O4/c3-1-2(5-7-3)6-8-4-1;4-2(5)1-3(6)7/h;1H. The molecule has 2 aliphatic rings. The molecule has 0 unspecified atom stereocenters. The predicted molar refractivity (Wildman–Crippen MR) is 41.7 cm³/mol. The van der Waals surface area contributed by atoms with E-state index in [9.17, 15) is 0 Å². The van der Waals surface area contributed by atoms with Crippen molar-refractivity contribution in [2.24, 2.45) is 30.9 Å². The molecule has 15 heavy (non-hydrogen) atoms. The number of hydrazine groups is 2. The van der Waals surface area contributed by atoms with Crippen molar-refractivity contribution in [3.05, 3.63) is 20.2 Å².